The maximum Gasteiger partial charge on any atom is 0.337 e. The first kappa shape index (κ1) is 7.46. The standard InChI is InChI=1S/C6H4FNO3/c7-8-3-4(6(10)11)1-2-5(8)9/h1-3H,(H,10,11). The van der Waals surface area contributed by atoms with Gasteiger partial charge in [0.2, 0.25) is 0 Å². The van der Waals surface area contributed by atoms with Gasteiger partial charge in [0, 0.05) is 6.07 Å². The summed E-state index contributed by atoms with van der Waals surface area (Å²) < 4.78 is 12.3. The molecule has 0 radical (unpaired) electrons. The average Bonchev–Trinajstić information content (AvgIpc) is 1.94. The van der Waals surface area contributed by atoms with Gasteiger partial charge in [-0.1, -0.05) is 4.48 Å². The van der Waals surface area contributed by atoms with E-state index in [1.54, 1.807) is 0 Å². The van der Waals surface area contributed by atoms with E-state index in [-0.39, 0.29) is 10.4 Å². The van der Waals surface area contributed by atoms with Gasteiger partial charge in [0.05, 0.1) is 11.8 Å². The second-order valence-electron chi connectivity index (χ2n) is 1.87. The van der Waals surface area contributed by atoms with Crippen LogP contribution in [0, 0.1) is 0 Å². The van der Waals surface area contributed by atoms with Gasteiger partial charge in [-0.25, -0.2) is 4.79 Å². The lowest BCUT2D eigenvalue weighted by Crippen LogP contribution is -2.13. The highest BCUT2D eigenvalue weighted by molar-refractivity contribution is 5.86. The van der Waals surface area contributed by atoms with Gasteiger partial charge in [-0.15, -0.1) is 4.79 Å². The zero-order chi connectivity index (χ0) is 8.43. The summed E-state index contributed by atoms with van der Waals surface area (Å²) in [4.78, 5) is 20.3. The molecule has 1 N–H and O–H groups in total. The first-order valence-electron chi connectivity index (χ1n) is 2.73. The Morgan fingerprint density at radius 3 is 2.64 bits per heavy atom. The molecule has 0 aromatic carbocycles. The lowest BCUT2D eigenvalue weighted by atomic mass is 10.3. The lowest BCUT2D eigenvalue weighted by molar-refractivity contribution is 0.0694. The summed E-state index contributed by atoms with van der Waals surface area (Å²) in [5.41, 5.74) is -1.14. The summed E-state index contributed by atoms with van der Waals surface area (Å²) in [6, 6.07) is 1.89. The van der Waals surface area contributed by atoms with E-state index in [9.17, 15) is 14.1 Å². The topological polar surface area (TPSA) is 59.3 Å². The summed E-state index contributed by atoms with van der Waals surface area (Å²) in [5.74, 6) is -1.27. The molecular formula is C6H4FNO3. The zero-order valence-electron chi connectivity index (χ0n) is 5.32. The van der Waals surface area contributed by atoms with E-state index in [2.05, 4.69) is 0 Å². The Morgan fingerprint density at radius 1 is 1.55 bits per heavy atom. The van der Waals surface area contributed by atoms with Crippen molar-refractivity contribution in [2.24, 2.45) is 0 Å². The van der Waals surface area contributed by atoms with Gasteiger partial charge >= 0.3 is 5.97 Å². The van der Waals surface area contributed by atoms with Crippen molar-refractivity contribution in [1.82, 2.24) is 4.79 Å². The fourth-order valence-electron chi connectivity index (χ4n) is 0.588. The summed E-state index contributed by atoms with van der Waals surface area (Å²) in [7, 11) is 0. The number of carboxylic acid groups (broad SMARTS) is 1. The first-order valence-corrected chi connectivity index (χ1v) is 2.73. The first-order chi connectivity index (χ1) is 5.11. The predicted molar refractivity (Wildman–Crippen MR) is 34.2 cm³/mol. The number of hydrogen-bond donors (Lipinski definition) is 1. The number of pyridine rings is 1. The summed E-state index contributed by atoms with van der Waals surface area (Å²) in [6.45, 7) is 0. The molecule has 0 bridgehead atoms. The molecule has 11 heavy (non-hydrogen) atoms. The van der Waals surface area contributed by atoms with Crippen molar-refractivity contribution >= 4 is 5.97 Å². The van der Waals surface area contributed by atoms with Crippen LogP contribution in [-0.4, -0.2) is 15.9 Å². The second-order valence-corrected chi connectivity index (χ2v) is 1.87. The normalized spacial score (nSPS) is 9.55. The molecule has 4 nitrogen and oxygen atoms in total. The van der Waals surface area contributed by atoms with Crippen molar-refractivity contribution in [3.05, 3.63) is 34.2 Å². The molecule has 0 amide bonds. The smallest absolute Gasteiger partial charge is 0.337 e. The third-order valence-electron chi connectivity index (χ3n) is 1.12. The monoisotopic (exact) mass is 157 g/mol. The number of carbonyl (C=O) groups is 1. The molecule has 1 aromatic rings. The van der Waals surface area contributed by atoms with Gasteiger partial charge in [-0.05, 0) is 6.07 Å². The number of rotatable bonds is 1. The van der Waals surface area contributed by atoms with Crippen molar-refractivity contribution in [2.75, 3.05) is 0 Å². The average molecular weight is 157 g/mol. The molecule has 0 spiro atoms. The highest BCUT2D eigenvalue weighted by Gasteiger charge is 2.03. The number of hydrogen-bond acceptors (Lipinski definition) is 2. The molecule has 5 heteroatoms. The Bertz CT molecular complexity index is 344. The molecule has 0 fully saturated rings. The van der Waals surface area contributed by atoms with Crippen LogP contribution in [0.4, 0.5) is 4.48 Å². The van der Waals surface area contributed by atoms with Crippen LogP contribution in [0.1, 0.15) is 10.4 Å². The van der Waals surface area contributed by atoms with Crippen molar-refractivity contribution in [1.29, 1.82) is 0 Å². The Morgan fingerprint density at radius 2 is 2.18 bits per heavy atom. The van der Waals surface area contributed by atoms with E-state index in [1.807, 2.05) is 0 Å². The molecule has 0 aliphatic heterocycles. The van der Waals surface area contributed by atoms with E-state index in [1.165, 1.54) is 0 Å². The third-order valence-corrected chi connectivity index (χ3v) is 1.12. The molecule has 0 unspecified atom stereocenters. The number of nitrogens with zero attached hydrogens (tertiary/aromatic N) is 1. The van der Waals surface area contributed by atoms with Crippen LogP contribution in [0.3, 0.4) is 0 Å². The third kappa shape index (κ3) is 1.43. The molecule has 1 rings (SSSR count). The zero-order valence-corrected chi connectivity index (χ0v) is 5.32. The van der Waals surface area contributed by atoms with Crippen LogP contribution in [0.5, 0.6) is 0 Å². The summed E-state index contributed by atoms with van der Waals surface area (Å²) in [5, 5.41) is 8.32. The maximum atomic E-state index is 12.3. The molecule has 0 saturated carbocycles. The number of halogens is 1. The van der Waals surface area contributed by atoms with Crippen LogP contribution in [0.15, 0.2) is 23.1 Å². The molecule has 0 atom stereocenters. The quantitative estimate of drug-likeness (QED) is 0.636. The van der Waals surface area contributed by atoms with Crippen molar-refractivity contribution in [2.45, 2.75) is 0 Å². The van der Waals surface area contributed by atoms with E-state index >= 15 is 0 Å². The minimum absolute atomic E-state index is 0.257. The van der Waals surface area contributed by atoms with E-state index < -0.39 is 11.5 Å². The van der Waals surface area contributed by atoms with Gasteiger partial charge in [0.1, 0.15) is 0 Å². The molecule has 0 aliphatic carbocycles. The van der Waals surface area contributed by atoms with Gasteiger partial charge < -0.3 is 5.11 Å². The predicted octanol–water partition coefficient (Wildman–Crippen LogP) is 0.279. The molecular weight excluding hydrogens is 153 g/mol. The van der Waals surface area contributed by atoms with Crippen LogP contribution >= 0.6 is 0 Å². The molecule has 0 saturated heterocycles. The van der Waals surface area contributed by atoms with Crippen LogP contribution in [0.25, 0.3) is 0 Å². The Hall–Kier alpha value is -1.65. The van der Waals surface area contributed by atoms with Crippen molar-refractivity contribution in [3.8, 4) is 0 Å². The summed E-state index contributed by atoms with van der Waals surface area (Å²) in [6.07, 6.45) is 0.616. The fourth-order valence-corrected chi connectivity index (χ4v) is 0.588. The molecule has 0 aliphatic rings. The number of aromatic carboxylic acids is 1. The van der Waals surface area contributed by atoms with Crippen molar-refractivity contribution < 1.29 is 14.4 Å². The van der Waals surface area contributed by atoms with Gasteiger partial charge in [0.15, 0.2) is 0 Å². The van der Waals surface area contributed by atoms with E-state index in [0.717, 1.165) is 12.1 Å². The highest BCUT2D eigenvalue weighted by Crippen LogP contribution is 1.94. The van der Waals surface area contributed by atoms with Gasteiger partial charge in [0.25, 0.3) is 5.56 Å². The second kappa shape index (κ2) is 2.53. The fraction of sp³-hybridized carbons (Fsp3) is 0. The van der Waals surface area contributed by atoms with E-state index in [0.29, 0.717) is 6.20 Å². The molecule has 1 heterocycles. The van der Waals surface area contributed by atoms with E-state index in [4.69, 9.17) is 5.11 Å². The minimum atomic E-state index is -1.27. The molecule has 1 aromatic heterocycles. The van der Waals surface area contributed by atoms with Gasteiger partial charge in [-0.2, -0.15) is 0 Å². The van der Waals surface area contributed by atoms with Crippen LogP contribution in [-0.2, 0) is 0 Å². The number of aromatic nitrogens is 1. The Labute approximate surface area is 60.4 Å². The maximum absolute atomic E-state index is 12.3. The molecule has 58 valence electrons. The Kier molecular flexibility index (Phi) is 1.72. The van der Waals surface area contributed by atoms with Crippen LogP contribution in [0.2, 0.25) is 0 Å². The Balaban J connectivity index is 3.26. The minimum Gasteiger partial charge on any atom is -0.478 e. The van der Waals surface area contributed by atoms with Gasteiger partial charge in [-0.3, -0.25) is 4.79 Å². The number of carboxylic acids is 1. The largest absolute Gasteiger partial charge is 0.478 e. The van der Waals surface area contributed by atoms with Crippen LogP contribution < -0.4 is 5.56 Å². The summed E-state index contributed by atoms with van der Waals surface area (Å²) >= 11 is 0. The lowest BCUT2D eigenvalue weighted by Gasteiger charge is -1.92. The highest BCUT2D eigenvalue weighted by atomic mass is 19.2. The SMILES string of the molecule is O=C(O)c1ccc(=O)n(F)c1. The van der Waals surface area contributed by atoms with Crippen molar-refractivity contribution in [3.63, 3.8) is 0 Å².